The van der Waals surface area contributed by atoms with Gasteiger partial charge in [-0.1, -0.05) is 37.3 Å². The van der Waals surface area contributed by atoms with Crippen LogP contribution >= 0.6 is 22.6 Å². The van der Waals surface area contributed by atoms with Gasteiger partial charge in [0.1, 0.15) is 9.30 Å². The Balaban J connectivity index is 1.71. The number of ether oxygens (including phenoxy) is 2. The Labute approximate surface area is 174 Å². The molecular formula is C21H27IN2O3. The maximum absolute atomic E-state index is 12.6. The minimum absolute atomic E-state index is 0.0232. The van der Waals surface area contributed by atoms with Crippen molar-refractivity contribution in [1.29, 1.82) is 0 Å². The van der Waals surface area contributed by atoms with Crippen molar-refractivity contribution in [3.63, 3.8) is 0 Å². The summed E-state index contributed by atoms with van der Waals surface area (Å²) < 4.78 is 13.9. The van der Waals surface area contributed by atoms with Gasteiger partial charge in [-0.25, -0.2) is 4.79 Å². The van der Waals surface area contributed by atoms with E-state index in [1.807, 2.05) is 39.0 Å². The lowest BCUT2D eigenvalue weighted by molar-refractivity contribution is 0.0318. The fraction of sp³-hybridized carbons (Fsp3) is 0.524. The average molecular weight is 482 g/mol. The van der Waals surface area contributed by atoms with E-state index in [0.717, 1.165) is 28.7 Å². The molecule has 1 aliphatic carbocycles. The highest BCUT2D eigenvalue weighted by Crippen LogP contribution is 2.37. The summed E-state index contributed by atoms with van der Waals surface area (Å²) in [5.74, 6) is 0. The summed E-state index contributed by atoms with van der Waals surface area (Å²) in [5, 5.41) is 4.46. The second-order valence-electron chi connectivity index (χ2n) is 8.57. The zero-order valence-corrected chi connectivity index (χ0v) is 18.6. The first-order chi connectivity index (χ1) is 12.7. The third-order valence-corrected chi connectivity index (χ3v) is 5.61. The summed E-state index contributed by atoms with van der Waals surface area (Å²) >= 11 is 2.21. The highest BCUT2D eigenvalue weighted by molar-refractivity contribution is 14.1. The summed E-state index contributed by atoms with van der Waals surface area (Å²) in [7, 11) is 0. The van der Waals surface area contributed by atoms with E-state index in [1.54, 1.807) is 0 Å². The first-order valence-corrected chi connectivity index (χ1v) is 10.4. The molecule has 1 aliphatic rings. The van der Waals surface area contributed by atoms with E-state index in [4.69, 9.17) is 9.47 Å². The van der Waals surface area contributed by atoms with Crippen LogP contribution in [0.4, 0.5) is 4.79 Å². The van der Waals surface area contributed by atoms with Gasteiger partial charge in [0.15, 0.2) is 0 Å². The molecule has 1 aromatic carbocycles. The quantitative estimate of drug-likeness (QED) is 0.577. The van der Waals surface area contributed by atoms with Crippen LogP contribution in [0.15, 0.2) is 30.3 Å². The van der Waals surface area contributed by atoms with Crippen LogP contribution in [0.3, 0.4) is 0 Å². The molecule has 0 amide bonds. The van der Waals surface area contributed by atoms with E-state index < -0.39 is 11.7 Å². The van der Waals surface area contributed by atoms with Gasteiger partial charge >= 0.3 is 6.09 Å². The standard InChI is InChI=1S/C21H27IN2O3/c1-20(2,3)27-19(25)24-17-12-21(4,11-10-16(17)18(22)23-24)14-26-13-15-8-6-5-7-9-15/h5-9H,10-14H2,1-4H3. The van der Waals surface area contributed by atoms with E-state index >= 15 is 0 Å². The number of nitrogens with zero attached hydrogens (tertiary/aromatic N) is 2. The number of benzene rings is 1. The molecule has 146 valence electrons. The zero-order chi connectivity index (χ0) is 19.7. The van der Waals surface area contributed by atoms with Gasteiger partial charge in [0.05, 0.1) is 18.9 Å². The molecule has 27 heavy (non-hydrogen) atoms. The number of carbonyl (C=O) groups is 1. The maximum atomic E-state index is 12.6. The topological polar surface area (TPSA) is 53.4 Å². The Morgan fingerprint density at radius 1 is 1.30 bits per heavy atom. The minimum Gasteiger partial charge on any atom is -0.442 e. The molecule has 0 radical (unpaired) electrons. The molecular weight excluding hydrogens is 455 g/mol. The number of hydrogen-bond acceptors (Lipinski definition) is 4. The highest BCUT2D eigenvalue weighted by Gasteiger charge is 2.36. The first kappa shape index (κ1) is 20.3. The largest absolute Gasteiger partial charge is 0.442 e. The van der Waals surface area contributed by atoms with E-state index in [2.05, 4.69) is 46.7 Å². The fourth-order valence-corrected chi connectivity index (χ4v) is 4.17. The van der Waals surface area contributed by atoms with Gasteiger partial charge in [-0.3, -0.25) is 0 Å². The van der Waals surface area contributed by atoms with Crippen LogP contribution in [0.1, 0.15) is 50.9 Å². The van der Waals surface area contributed by atoms with Crippen LogP contribution in [0, 0.1) is 9.12 Å². The SMILES string of the molecule is CC1(COCc2ccccc2)CCc2c(I)nn(C(=O)OC(C)(C)C)c2C1. The van der Waals surface area contributed by atoms with Crippen molar-refractivity contribution in [2.75, 3.05) is 6.61 Å². The van der Waals surface area contributed by atoms with Crippen LogP contribution in [0.2, 0.25) is 0 Å². The van der Waals surface area contributed by atoms with E-state index in [0.29, 0.717) is 13.2 Å². The fourth-order valence-electron chi connectivity index (χ4n) is 3.37. The van der Waals surface area contributed by atoms with Crippen LogP contribution in [0.5, 0.6) is 0 Å². The molecule has 1 aromatic heterocycles. The van der Waals surface area contributed by atoms with Crippen molar-refractivity contribution < 1.29 is 14.3 Å². The highest BCUT2D eigenvalue weighted by atomic mass is 127. The second kappa shape index (κ2) is 7.91. The minimum atomic E-state index is -0.544. The summed E-state index contributed by atoms with van der Waals surface area (Å²) in [6.45, 7) is 9.08. The lowest BCUT2D eigenvalue weighted by Gasteiger charge is -2.33. The number of hydrogen-bond donors (Lipinski definition) is 0. The molecule has 3 rings (SSSR count). The second-order valence-corrected chi connectivity index (χ2v) is 9.60. The molecule has 0 aliphatic heterocycles. The molecule has 5 nitrogen and oxygen atoms in total. The number of rotatable bonds is 4. The van der Waals surface area contributed by atoms with Crippen molar-refractivity contribution in [3.8, 4) is 0 Å². The molecule has 6 heteroatoms. The van der Waals surface area contributed by atoms with Crippen molar-refractivity contribution in [2.45, 2.75) is 59.2 Å². The van der Waals surface area contributed by atoms with Gasteiger partial charge in [0, 0.05) is 5.56 Å². The van der Waals surface area contributed by atoms with Crippen molar-refractivity contribution in [1.82, 2.24) is 9.78 Å². The van der Waals surface area contributed by atoms with Gasteiger partial charge in [-0.05, 0) is 73.6 Å². The molecule has 0 spiro atoms. The van der Waals surface area contributed by atoms with Crippen molar-refractivity contribution in [2.24, 2.45) is 5.41 Å². The van der Waals surface area contributed by atoms with Crippen LogP contribution < -0.4 is 0 Å². The lowest BCUT2D eigenvalue weighted by Crippen LogP contribution is -2.34. The number of aromatic nitrogens is 2. The molecule has 0 saturated heterocycles. The summed E-state index contributed by atoms with van der Waals surface area (Å²) in [5.41, 5.74) is 2.74. The number of carbonyl (C=O) groups excluding carboxylic acids is 1. The predicted molar refractivity (Wildman–Crippen MR) is 113 cm³/mol. The van der Waals surface area contributed by atoms with Crippen LogP contribution in [-0.2, 0) is 28.9 Å². The molecule has 0 N–H and O–H groups in total. The molecule has 0 fully saturated rings. The molecule has 2 aromatic rings. The molecule has 1 atom stereocenters. The Bertz CT molecular complexity index is 811. The normalized spacial score (nSPS) is 19.6. The molecule has 0 saturated carbocycles. The third kappa shape index (κ3) is 5.10. The smallest absolute Gasteiger partial charge is 0.435 e. The Kier molecular flexibility index (Phi) is 5.96. The van der Waals surface area contributed by atoms with E-state index in [1.165, 1.54) is 15.8 Å². The molecule has 1 heterocycles. The maximum Gasteiger partial charge on any atom is 0.435 e. The number of fused-ring (bicyclic) bond motifs is 1. The first-order valence-electron chi connectivity index (χ1n) is 9.28. The Morgan fingerprint density at radius 2 is 2.00 bits per heavy atom. The van der Waals surface area contributed by atoms with E-state index in [9.17, 15) is 4.79 Å². The third-order valence-electron chi connectivity index (χ3n) is 4.74. The zero-order valence-electron chi connectivity index (χ0n) is 16.4. The van der Waals surface area contributed by atoms with Gasteiger partial charge in [0.25, 0.3) is 0 Å². The summed E-state index contributed by atoms with van der Waals surface area (Å²) in [6, 6.07) is 10.2. The van der Waals surface area contributed by atoms with Gasteiger partial charge in [-0.15, -0.1) is 0 Å². The van der Waals surface area contributed by atoms with Crippen molar-refractivity contribution in [3.05, 3.63) is 50.9 Å². The monoisotopic (exact) mass is 482 g/mol. The van der Waals surface area contributed by atoms with Gasteiger partial charge in [0.2, 0.25) is 0 Å². The summed E-state index contributed by atoms with van der Waals surface area (Å²) in [4.78, 5) is 12.6. The summed E-state index contributed by atoms with van der Waals surface area (Å²) in [6.07, 6.45) is 2.27. The van der Waals surface area contributed by atoms with Crippen molar-refractivity contribution >= 4 is 28.7 Å². The average Bonchev–Trinajstić information content (AvgIpc) is 2.90. The van der Waals surface area contributed by atoms with E-state index in [-0.39, 0.29) is 5.41 Å². The van der Waals surface area contributed by atoms with Crippen LogP contribution in [0.25, 0.3) is 0 Å². The number of halogens is 1. The molecule has 1 unspecified atom stereocenters. The lowest BCUT2D eigenvalue weighted by atomic mass is 9.76. The van der Waals surface area contributed by atoms with Crippen LogP contribution in [-0.4, -0.2) is 28.1 Å². The molecule has 0 bridgehead atoms. The predicted octanol–water partition coefficient (Wildman–Crippen LogP) is 4.98. The Morgan fingerprint density at radius 3 is 2.67 bits per heavy atom. The Hall–Kier alpha value is -1.41. The van der Waals surface area contributed by atoms with Gasteiger partial charge < -0.3 is 9.47 Å². The van der Waals surface area contributed by atoms with Gasteiger partial charge in [-0.2, -0.15) is 9.78 Å².